The number of para-hydroxylation sites is 1. The first-order valence-corrected chi connectivity index (χ1v) is 7.09. The van der Waals surface area contributed by atoms with Crippen molar-refractivity contribution in [3.8, 4) is 5.75 Å². The van der Waals surface area contributed by atoms with Crippen molar-refractivity contribution < 1.29 is 27.0 Å². The summed E-state index contributed by atoms with van der Waals surface area (Å²) >= 11 is 0. The normalized spacial score (nSPS) is 16.8. The molecule has 4 nitrogen and oxygen atoms in total. The molecule has 0 aliphatic carbocycles. The van der Waals surface area contributed by atoms with Gasteiger partial charge in [0.15, 0.2) is 0 Å². The minimum absolute atomic E-state index is 0. The highest BCUT2D eigenvalue weighted by Crippen LogP contribution is 2.19. The lowest BCUT2D eigenvalue weighted by molar-refractivity contribution is -0.0000346. The standard InChI is InChI=1S/C16H23NO3.ClH/c1-2-5-14-6-3-4-7-16(14)20-13-15(18)12-17-8-10-19-11-9-17;/h2-4,6-7,15,18H,1,5,8-13H2;1H/p-1. The van der Waals surface area contributed by atoms with Crippen LogP contribution in [0.25, 0.3) is 0 Å². The molecule has 0 saturated carbocycles. The molecular formula is C16H23ClNO3-. The number of halogens is 1. The molecule has 1 N–H and O–H groups in total. The SMILES string of the molecule is C=CCc1ccccc1OCC(O)CN1CCOCC1.[Cl-]. The molecule has 5 heteroatoms. The maximum absolute atomic E-state index is 10.1. The Bertz CT molecular complexity index is 422. The number of nitrogens with zero attached hydrogens (tertiary/aromatic N) is 1. The molecule has 2 rings (SSSR count). The topological polar surface area (TPSA) is 41.9 Å². The average molecular weight is 313 g/mol. The molecule has 1 aromatic rings. The van der Waals surface area contributed by atoms with Crippen molar-refractivity contribution in [3.63, 3.8) is 0 Å². The number of hydrogen-bond donors (Lipinski definition) is 1. The van der Waals surface area contributed by atoms with Gasteiger partial charge >= 0.3 is 0 Å². The Kier molecular flexibility index (Phi) is 8.38. The number of hydrogen-bond acceptors (Lipinski definition) is 4. The Morgan fingerprint density at radius 2 is 2.05 bits per heavy atom. The minimum atomic E-state index is -0.482. The molecule has 1 unspecified atom stereocenters. The molecule has 1 fully saturated rings. The highest BCUT2D eigenvalue weighted by molar-refractivity contribution is 5.34. The highest BCUT2D eigenvalue weighted by atomic mass is 35.5. The van der Waals surface area contributed by atoms with Crippen LogP contribution in [0.1, 0.15) is 5.56 Å². The summed E-state index contributed by atoms with van der Waals surface area (Å²) in [7, 11) is 0. The molecule has 0 bridgehead atoms. The highest BCUT2D eigenvalue weighted by Gasteiger charge is 2.15. The maximum Gasteiger partial charge on any atom is 0.122 e. The van der Waals surface area contributed by atoms with Crippen molar-refractivity contribution in [1.29, 1.82) is 0 Å². The van der Waals surface area contributed by atoms with Crippen LogP contribution < -0.4 is 17.1 Å². The van der Waals surface area contributed by atoms with Crippen molar-refractivity contribution in [3.05, 3.63) is 42.5 Å². The van der Waals surface area contributed by atoms with E-state index in [2.05, 4.69) is 11.5 Å². The molecular weight excluding hydrogens is 290 g/mol. The molecule has 0 spiro atoms. The van der Waals surface area contributed by atoms with E-state index >= 15 is 0 Å². The van der Waals surface area contributed by atoms with Gasteiger partial charge in [0.2, 0.25) is 0 Å². The zero-order chi connectivity index (χ0) is 14.2. The van der Waals surface area contributed by atoms with Crippen LogP contribution in [0.5, 0.6) is 5.75 Å². The number of rotatable bonds is 7. The summed E-state index contributed by atoms with van der Waals surface area (Å²) in [4.78, 5) is 2.20. The lowest BCUT2D eigenvalue weighted by atomic mass is 10.1. The number of β-amino-alcohol motifs (C(OH)–C–C–N with tert-alkyl or cyclic N) is 1. The van der Waals surface area contributed by atoms with Crippen molar-refractivity contribution in [2.24, 2.45) is 0 Å². The largest absolute Gasteiger partial charge is 1.00 e. The van der Waals surface area contributed by atoms with E-state index in [1.807, 2.05) is 30.3 Å². The van der Waals surface area contributed by atoms with Gasteiger partial charge in [-0.2, -0.15) is 0 Å². The van der Waals surface area contributed by atoms with E-state index in [4.69, 9.17) is 9.47 Å². The Morgan fingerprint density at radius 3 is 2.76 bits per heavy atom. The molecule has 21 heavy (non-hydrogen) atoms. The van der Waals surface area contributed by atoms with Gasteiger partial charge in [-0.25, -0.2) is 0 Å². The third-order valence-electron chi connectivity index (χ3n) is 3.34. The number of allylic oxidation sites excluding steroid dienone is 1. The number of benzene rings is 1. The summed E-state index contributed by atoms with van der Waals surface area (Å²) in [6.07, 6.45) is 2.15. The molecule has 0 radical (unpaired) electrons. The summed E-state index contributed by atoms with van der Waals surface area (Å²) in [6, 6.07) is 7.87. The van der Waals surface area contributed by atoms with E-state index in [0.717, 1.165) is 44.0 Å². The zero-order valence-corrected chi connectivity index (χ0v) is 13.0. The lowest BCUT2D eigenvalue weighted by Gasteiger charge is -2.28. The first-order chi connectivity index (χ1) is 9.79. The predicted octanol–water partition coefficient (Wildman–Crippen LogP) is -1.51. The fraction of sp³-hybridized carbons (Fsp3) is 0.500. The van der Waals surface area contributed by atoms with Crippen LogP contribution in [-0.4, -0.2) is 55.6 Å². The van der Waals surface area contributed by atoms with E-state index in [-0.39, 0.29) is 12.4 Å². The maximum atomic E-state index is 10.1. The van der Waals surface area contributed by atoms with Crippen LogP contribution >= 0.6 is 0 Å². The van der Waals surface area contributed by atoms with Crippen molar-refractivity contribution >= 4 is 0 Å². The molecule has 118 valence electrons. The molecule has 1 heterocycles. The van der Waals surface area contributed by atoms with Crippen molar-refractivity contribution in [2.75, 3.05) is 39.5 Å². The number of aliphatic hydroxyl groups is 1. The molecule has 0 amide bonds. The zero-order valence-electron chi connectivity index (χ0n) is 12.2. The Balaban J connectivity index is 0.00000220. The van der Waals surface area contributed by atoms with Gasteiger partial charge in [-0.05, 0) is 18.1 Å². The van der Waals surface area contributed by atoms with Crippen LogP contribution in [0.2, 0.25) is 0 Å². The van der Waals surface area contributed by atoms with Crippen molar-refractivity contribution in [2.45, 2.75) is 12.5 Å². The van der Waals surface area contributed by atoms with Gasteiger partial charge in [0.25, 0.3) is 0 Å². The van der Waals surface area contributed by atoms with E-state index in [1.165, 1.54) is 0 Å². The first-order valence-electron chi connectivity index (χ1n) is 7.09. The van der Waals surface area contributed by atoms with Crippen LogP contribution in [0, 0.1) is 0 Å². The van der Waals surface area contributed by atoms with Crippen LogP contribution in [0.3, 0.4) is 0 Å². The van der Waals surface area contributed by atoms with Gasteiger partial charge in [0.05, 0.1) is 13.2 Å². The predicted molar refractivity (Wildman–Crippen MR) is 79.1 cm³/mol. The summed E-state index contributed by atoms with van der Waals surface area (Å²) in [6.45, 7) is 7.94. The second-order valence-corrected chi connectivity index (χ2v) is 4.98. The quantitative estimate of drug-likeness (QED) is 0.622. The van der Waals surface area contributed by atoms with Gasteiger partial charge in [-0.1, -0.05) is 24.3 Å². The second kappa shape index (κ2) is 9.79. The van der Waals surface area contributed by atoms with Crippen LogP contribution in [0.15, 0.2) is 36.9 Å². The monoisotopic (exact) mass is 312 g/mol. The van der Waals surface area contributed by atoms with Gasteiger partial charge in [0, 0.05) is 19.6 Å². The third kappa shape index (κ3) is 6.06. The smallest absolute Gasteiger partial charge is 0.122 e. The first kappa shape index (κ1) is 18.0. The van der Waals surface area contributed by atoms with Crippen LogP contribution in [0.4, 0.5) is 0 Å². The van der Waals surface area contributed by atoms with Gasteiger partial charge in [-0.3, -0.25) is 4.90 Å². The van der Waals surface area contributed by atoms with E-state index in [9.17, 15) is 5.11 Å². The van der Waals surface area contributed by atoms with Gasteiger partial charge < -0.3 is 27.0 Å². The molecule has 0 aromatic heterocycles. The summed E-state index contributed by atoms with van der Waals surface area (Å²) in [5.74, 6) is 0.827. The molecule has 1 aliphatic heterocycles. The van der Waals surface area contributed by atoms with E-state index in [1.54, 1.807) is 0 Å². The summed E-state index contributed by atoms with van der Waals surface area (Å²) in [5, 5.41) is 10.1. The molecule has 1 atom stereocenters. The lowest BCUT2D eigenvalue weighted by Crippen LogP contribution is -3.00. The minimum Gasteiger partial charge on any atom is -1.00 e. The number of ether oxygens (including phenoxy) is 2. The Labute approximate surface area is 132 Å². The van der Waals surface area contributed by atoms with E-state index < -0.39 is 6.10 Å². The molecule has 1 aromatic carbocycles. The van der Waals surface area contributed by atoms with E-state index in [0.29, 0.717) is 13.2 Å². The van der Waals surface area contributed by atoms with Crippen molar-refractivity contribution in [1.82, 2.24) is 4.90 Å². The van der Waals surface area contributed by atoms with Gasteiger partial charge in [0.1, 0.15) is 18.5 Å². The second-order valence-electron chi connectivity index (χ2n) is 4.98. The Morgan fingerprint density at radius 1 is 1.33 bits per heavy atom. The van der Waals surface area contributed by atoms with Crippen LogP contribution in [-0.2, 0) is 11.2 Å². The fourth-order valence-corrected chi connectivity index (χ4v) is 2.29. The molecule has 1 saturated heterocycles. The summed E-state index contributed by atoms with van der Waals surface area (Å²) in [5.41, 5.74) is 1.10. The fourth-order valence-electron chi connectivity index (χ4n) is 2.29. The van der Waals surface area contributed by atoms with Gasteiger partial charge in [-0.15, -0.1) is 6.58 Å². The Hall–Kier alpha value is -1.07. The molecule has 1 aliphatic rings. The third-order valence-corrected chi connectivity index (χ3v) is 3.34. The number of aliphatic hydroxyl groups excluding tert-OH is 1. The average Bonchev–Trinajstić information content (AvgIpc) is 2.48. The number of morpholine rings is 1. The summed E-state index contributed by atoms with van der Waals surface area (Å²) < 4.78 is 11.0.